The van der Waals surface area contributed by atoms with Gasteiger partial charge in [0.15, 0.2) is 12.5 Å². The molecule has 38 heavy (non-hydrogen) atoms. The van der Waals surface area contributed by atoms with Crippen molar-refractivity contribution in [2.45, 2.75) is 43.6 Å². The number of aliphatic hydroxyl groups excluding tert-OH is 1. The molecule has 0 saturated carbocycles. The van der Waals surface area contributed by atoms with Gasteiger partial charge in [0.25, 0.3) is 5.03 Å². The third kappa shape index (κ3) is 5.93. The van der Waals surface area contributed by atoms with Crippen LogP contribution >= 0.6 is 11.8 Å². The second-order valence-corrected chi connectivity index (χ2v) is 10.6. The zero-order valence-electron chi connectivity index (χ0n) is 21.3. The summed E-state index contributed by atoms with van der Waals surface area (Å²) in [5.41, 5.74) is 11.9. The van der Waals surface area contributed by atoms with Gasteiger partial charge >= 0.3 is 0 Å². The van der Waals surface area contributed by atoms with E-state index >= 15 is 0 Å². The summed E-state index contributed by atoms with van der Waals surface area (Å²) in [4.78, 5) is 0. The van der Waals surface area contributed by atoms with Crippen molar-refractivity contribution in [3.8, 4) is 11.1 Å². The Morgan fingerprint density at radius 3 is 2.34 bits per heavy atom. The third-order valence-electron chi connectivity index (χ3n) is 6.99. The molecule has 4 atom stereocenters. The molecule has 196 valence electrons. The van der Waals surface area contributed by atoms with E-state index < -0.39 is 6.29 Å². The van der Waals surface area contributed by atoms with Crippen molar-refractivity contribution in [2.75, 3.05) is 5.75 Å². The molecule has 1 saturated heterocycles. The quantitative estimate of drug-likeness (QED) is 0.178. The molecular formula is C31H32N2O4S. The third-order valence-corrected chi connectivity index (χ3v) is 8.09. The van der Waals surface area contributed by atoms with E-state index in [1.165, 1.54) is 18.0 Å². The molecule has 0 aliphatic carbocycles. The smallest absolute Gasteiger partial charge is 0.251 e. The number of hydrogen-bond acceptors (Lipinski definition) is 6. The summed E-state index contributed by atoms with van der Waals surface area (Å²) in [6.45, 7) is 2.62. The standard InChI is InChI=1S/C31H32N2O4S/c1-21-28(20-38-29-7-2-3-16-33(29)35)36-31(37-30(21)25-10-8-22(19-34)9-11-25)26-14-12-24(13-15-26)27-6-4-5-23(17-27)18-32/h2-17,21,28,30-31,34H,18-20,32H2,1H3/t21-,28+,30+,31+/m1/s1. The Labute approximate surface area is 227 Å². The van der Waals surface area contributed by atoms with Crippen LogP contribution in [0, 0.1) is 11.1 Å². The average molecular weight is 529 g/mol. The maximum atomic E-state index is 12.2. The maximum absolute atomic E-state index is 12.2. The van der Waals surface area contributed by atoms with Crippen molar-refractivity contribution >= 4 is 11.8 Å². The molecule has 2 heterocycles. The number of benzene rings is 3. The van der Waals surface area contributed by atoms with Crippen LogP contribution in [0.2, 0.25) is 0 Å². The fraction of sp³-hybridized carbons (Fsp3) is 0.258. The minimum atomic E-state index is -0.557. The minimum Gasteiger partial charge on any atom is -0.618 e. The van der Waals surface area contributed by atoms with Crippen LogP contribution in [0.3, 0.4) is 0 Å². The van der Waals surface area contributed by atoms with Crippen molar-refractivity contribution in [3.63, 3.8) is 0 Å². The normalized spacial score (nSPS) is 21.3. The number of aliphatic hydroxyl groups is 1. The number of pyridine rings is 1. The summed E-state index contributed by atoms with van der Waals surface area (Å²) in [5, 5.41) is 22.3. The number of rotatable bonds is 8. The van der Waals surface area contributed by atoms with Gasteiger partial charge in [0.05, 0.1) is 18.8 Å². The van der Waals surface area contributed by atoms with Crippen LogP contribution in [0.1, 0.15) is 41.6 Å². The Bertz CT molecular complexity index is 1350. The van der Waals surface area contributed by atoms with Crippen molar-refractivity contribution in [2.24, 2.45) is 11.7 Å². The van der Waals surface area contributed by atoms with E-state index in [4.69, 9.17) is 15.2 Å². The topological polar surface area (TPSA) is 91.7 Å². The number of ether oxygens (including phenoxy) is 2. The highest BCUT2D eigenvalue weighted by Crippen LogP contribution is 2.43. The van der Waals surface area contributed by atoms with Crippen molar-refractivity contribution in [1.82, 2.24) is 0 Å². The Morgan fingerprint density at radius 2 is 1.63 bits per heavy atom. The molecule has 0 radical (unpaired) electrons. The lowest BCUT2D eigenvalue weighted by Gasteiger charge is -2.41. The first-order chi connectivity index (χ1) is 18.6. The summed E-state index contributed by atoms with van der Waals surface area (Å²) in [6, 6.07) is 29.8. The van der Waals surface area contributed by atoms with Crippen LogP contribution in [0.5, 0.6) is 0 Å². The highest BCUT2D eigenvalue weighted by Gasteiger charge is 2.38. The lowest BCUT2D eigenvalue weighted by Crippen LogP contribution is -2.39. The monoisotopic (exact) mass is 528 g/mol. The predicted octanol–water partition coefficient (Wildman–Crippen LogP) is 5.52. The summed E-state index contributed by atoms with van der Waals surface area (Å²) in [6.07, 6.45) is 0.597. The Balaban J connectivity index is 1.40. The van der Waals surface area contributed by atoms with Crippen LogP contribution in [0.15, 0.2) is 102 Å². The van der Waals surface area contributed by atoms with Crippen LogP contribution in [-0.4, -0.2) is 17.0 Å². The van der Waals surface area contributed by atoms with E-state index in [0.717, 1.165) is 38.1 Å². The molecule has 0 amide bonds. The van der Waals surface area contributed by atoms with Gasteiger partial charge < -0.3 is 25.5 Å². The van der Waals surface area contributed by atoms with Crippen molar-refractivity contribution in [1.29, 1.82) is 0 Å². The summed E-state index contributed by atoms with van der Waals surface area (Å²) < 4.78 is 14.0. The fourth-order valence-electron chi connectivity index (χ4n) is 4.71. The summed E-state index contributed by atoms with van der Waals surface area (Å²) in [5.74, 6) is 0.656. The number of nitrogens with zero attached hydrogens (tertiary/aromatic N) is 1. The van der Waals surface area contributed by atoms with Gasteiger partial charge in [-0.3, -0.25) is 0 Å². The maximum Gasteiger partial charge on any atom is 0.251 e. The molecule has 4 aromatic rings. The lowest BCUT2D eigenvalue weighted by molar-refractivity contribution is -0.645. The highest BCUT2D eigenvalue weighted by molar-refractivity contribution is 7.99. The van der Waals surface area contributed by atoms with E-state index in [0.29, 0.717) is 17.3 Å². The van der Waals surface area contributed by atoms with E-state index in [2.05, 4.69) is 31.2 Å². The van der Waals surface area contributed by atoms with E-state index in [9.17, 15) is 10.3 Å². The van der Waals surface area contributed by atoms with E-state index in [1.807, 2.05) is 60.7 Å². The number of nitrogens with two attached hydrogens (primary N) is 1. The second-order valence-electron chi connectivity index (χ2n) is 9.52. The van der Waals surface area contributed by atoms with Gasteiger partial charge in [0.1, 0.15) is 0 Å². The van der Waals surface area contributed by atoms with Gasteiger partial charge in [-0.25, -0.2) is 0 Å². The van der Waals surface area contributed by atoms with E-state index in [1.54, 1.807) is 6.07 Å². The molecule has 0 spiro atoms. The Hall–Kier alpha value is -3.20. The van der Waals surface area contributed by atoms with Gasteiger partial charge in [-0.15, -0.1) is 0 Å². The van der Waals surface area contributed by atoms with Gasteiger partial charge in [-0.1, -0.05) is 85.4 Å². The molecule has 0 bridgehead atoms. The molecule has 1 fully saturated rings. The number of aromatic nitrogens is 1. The molecule has 3 aromatic carbocycles. The molecule has 1 aliphatic heterocycles. The molecule has 7 heteroatoms. The van der Waals surface area contributed by atoms with Gasteiger partial charge in [-0.2, -0.15) is 4.73 Å². The number of thioether (sulfide) groups is 1. The molecular weight excluding hydrogens is 496 g/mol. The zero-order valence-corrected chi connectivity index (χ0v) is 22.1. The minimum absolute atomic E-state index is 0.000827. The van der Waals surface area contributed by atoms with E-state index in [-0.39, 0.29) is 24.7 Å². The predicted molar refractivity (Wildman–Crippen MR) is 149 cm³/mol. The average Bonchev–Trinajstić information content (AvgIpc) is 2.97. The molecule has 5 rings (SSSR count). The first-order valence-corrected chi connectivity index (χ1v) is 13.7. The van der Waals surface area contributed by atoms with Gasteiger partial charge in [0.2, 0.25) is 0 Å². The second kappa shape index (κ2) is 12.1. The first-order valence-electron chi connectivity index (χ1n) is 12.8. The Morgan fingerprint density at radius 1 is 0.868 bits per heavy atom. The van der Waals surface area contributed by atoms with Crippen LogP contribution in [0.25, 0.3) is 11.1 Å². The van der Waals surface area contributed by atoms with Crippen molar-refractivity contribution < 1.29 is 19.3 Å². The van der Waals surface area contributed by atoms with Gasteiger partial charge in [0, 0.05) is 35.9 Å². The first kappa shape index (κ1) is 26.4. The van der Waals surface area contributed by atoms with Crippen LogP contribution in [0.4, 0.5) is 0 Å². The zero-order chi connectivity index (χ0) is 26.5. The summed E-state index contributed by atoms with van der Waals surface area (Å²) >= 11 is 1.49. The fourth-order valence-corrected chi connectivity index (χ4v) is 5.79. The molecule has 0 unspecified atom stereocenters. The largest absolute Gasteiger partial charge is 0.618 e. The molecule has 3 N–H and O–H groups in total. The van der Waals surface area contributed by atoms with Crippen molar-refractivity contribution in [3.05, 3.63) is 125 Å². The highest BCUT2D eigenvalue weighted by atomic mass is 32.2. The van der Waals surface area contributed by atoms with Crippen LogP contribution in [-0.2, 0) is 22.6 Å². The molecule has 1 aliphatic rings. The van der Waals surface area contributed by atoms with Crippen LogP contribution < -0.4 is 10.5 Å². The van der Waals surface area contributed by atoms with Gasteiger partial charge in [-0.05, 0) is 39.9 Å². The SMILES string of the molecule is C[C@@H]1[C@H](CSc2cccc[n+]2[O-])O[C@H](c2ccc(-c3cccc(CN)c3)cc2)O[C@@H]1c1ccc(CO)cc1. The molecule has 6 nitrogen and oxygen atoms in total. The molecule has 1 aromatic heterocycles. The summed E-state index contributed by atoms with van der Waals surface area (Å²) in [7, 11) is 0. The lowest BCUT2D eigenvalue weighted by atomic mass is 9.91. The Kier molecular flexibility index (Phi) is 8.42. The number of hydrogen-bond donors (Lipinski definition) is 2.